The lowest BCUT2D eigenvalue weighted by atomic mass is 10.2. The van der Waals surface area contributed by atoms with Crippen molar-refractivity contribution in [3.05, 3.63) is 60.2 Å². The summed E-state index contributed by atoms with van der Waals surface area (Å²) in [5.41, 5.74) is 2.05. The molecular weight excluding hydrogens is 256 g/mol. The maximum absolute atomic E-state index is 12.1. The van der Waals surface area contributed by atoms with Gasteiger partial charge >= 0.3 is 0 Å². The zero-order valence-electron chi connectivity index (χ0n) is 10.5. The summed E-state index contributed by atoms with van der Waals surface area (Å²) in [4.78, 5) is 16.1. The van der Waals surface area contributed by atoms with E-state index >= 15 is 0 Å². The summed E-state index contributed by atoms with van der Waals surface area (Å²) in [5, 5.41) is 16.1. The van der Waals surface area contributed by atoms with E-state index in [0.717, 1.165) is 5.56 Å². The van der Waals surface area contributed by atoms with E-state index < -0.39 is 0 Å². The second-order valence-corrected chi connectivity index (χ2v) is 4.31. The van der Waals surface area contributed by atoms with Gasteiger partial charge in [-0.2, -0.15) is 5.10 Å². The molecule has 0 aliphatic heterocycles. The van der Waals surface area contributed by atoms with Crippen LogP contribution in [0.3, 0.4) is 0 Å². The van der Waals surface area contributed by atoms with Crippen LogP contribution in [0.1, 0.15) is 15.9 Å². The van der Waals surface area contributed by atoms with Gasteiger partial charge in [-0.05, 0) is 17.7 Å². The highest BCUT2D eigenvalue weighted by molar-refractivity contribution is 6.00. The first-order valence-corrected chi connectivity index (χ1v) is 6.07. The quantitative estimate of drug-likeness (QED) is 0.751. The monoisotopic (exact) mass is 268 g/mol. The predicted molar refractivity (Wildman–Crippen MR) is 72.3 cm³/mol. The van der Waals surface area contributed by atoms with E-state index in [4.69, 9.17) is 0 Å². The molecule has 6 heteroatoms. The number of hydrogen-bond acceptors (Lipinski definition) is 4. The minimum Gasteiger partial charge on any atom is -0.508 e. The molecule has 100 valence electrons. The Kier molecular flexibility index (Phi) is 3.04. The fourth-order valence-electron chi connectivity index (χ4n) is 1.90. The molecule has 0 aliphatic rings. The number of fused-ring (bicyclic) bond motifs is 1. The molecule has 20 heavy (non-hydrogen) atoms. The number of nitrogens with zero attached hydrogens (tertiary/aromatic N) is 3. The van der Waals surface area contributed by atoms with Gasteiger partial charge in [-0.25, -0.2) is 4.52 Å². The Morgan fingerprint density at radius 1 is 1.25 bits per heavy atom. The van der Waals surface area contributed by atoms with Crippen LogP contribution in [0.15, 0.2) is 49.1 Å². The number of aromatic hydroxyl groups is 1. The SMILES string of the molecule is O=C(NCc1ccc(O)cc1)c1cnn2ccncc12. The van der Waals surface area contributed by atoms with Gasteiger partial charge in [-0.15, -0.1) is 0 Å². The third-order valence-electron chi connectivity index (χ3n) is 2.96. The molecule has 0 unspecified atom stereocenters. The molecule has 2 aromatic heterocycles. The van der Waals surface area contributed by atoms with E-state index in [-0.39, 0.29) is 11.7 Å². The third kappa shape index (κ3) is 2.31. The molecule has 0 atom stereocenters. The summed E-state index contributed by atoms with van der Waals surface area (Å²) >= 11 is 0. The number of nitrogens with one attached hydrogen (secondary N) is 1. The van der Waals surface area contributed by atoms with Crippen molar-refractivity contribution >= 4 is 11.4 Å². The number of hydrogen-bond donors (Lipinski definition) is 2. The van der Waals surface area contributed by atoms with E-state index in [9.17, 15) is 9.90 Å². The van der Waals surface area contributed by atoms with E-state index in [0.29, 0.717) is 17.6 Å². The zero-order valence-corrected chi connectivity index (χ0v) is 10.5. The van der Waals surface area contributed by atoms with Crippen LogP contribution in [0, 0.1) is 0 Å². The van der Waals surface area contributed by atoms with Gasteiger partial charge in [0, 0.05) is 18.9 Å². The van der Waals surface area contributed by atoms with Gasteiger partial charge in [0.15, 0.2) is 0 Å². The first kappa shape index (κ1) is 12.2. The predicted octanol–water partition coefficient (Wildman–Crippen LogP) is 1.36. The number of phenolic OH excluding ortho intramolecular Hbond substituents is 1. The second-order valence-electron chi connectivity index (χ2n) is 4.31. The van der Waals surface area contributed by atoms with E-state index in [1.807, 2.05) is 0 Å². The van der Waals surface area contributed by atoms with Crippen molar-refractivity contribution in [1.82, 2.24) is 19.9 Å². The van der Waals surface area contributed by atoms with Gasteiger partial charge < -0.3 is 10.4 Å². The van der Waals surface area contributed by atoms with E-state index in [1.165, 1.54) is 6.20 Å². The third-order valence-corrected chi connectivity index (χ3v) is 2.96. The number of amides is 1. The van der Waals surface area contributed by atoms with Crippen molar-refractivity contribution in [3.63, 3.8) is 0 Å². The molecule has 3 rings (SSSR count). The highest BCUT2D eigenvalue weighted by Gasteiger charge is 2.12. The Balaban J connectivity index is 1.75. The second kappa shape index (κ2) is 5.00. The molecule has 0 fully saturated rings. The van der Waals surface area contributed by atoms with Crippen molar-refractivity contribution in [2.45, 2.75) is 6.54 Å². The fraction of sp³-hybridized carbons (Fsp3) is 0.0714. The number of carbonyl (C=O) groups excluding carboxylic acids is 1. The molecule has 0 radical (unpaired) electrons. The molecule has 1 aromatic carbocycles. The molecule has 3 aromatic rings. The lowest BCUT2D eigenvalue weighted by Crippen LogP contribution is -2.22. The Morgan fingerprint density at radius 3 is 2.85 bits per heavy atom. The standard InChI is InChI=1S/C14H12N4O2/c19-11-3-1-10(2-4-11)7-16-14(20)12-8-17-18-6-5-15-9-13(12)18/h1-6,8-9,19H,7H2,(H,16,20). The highest BCUT2D eigenvalue weighted by Crippen LogP contribution is 2.11. The van der Waals surface area contributed by atoms with Crippen LogP contribution in [-0.2, 0) is 6.54 Å². The van der Waals surface area contributed by atoms with Crippen molar-refractivity contribution < 1.29 is 9.90 Å². The number of rotatable bonds is 3. The van der Waals surface area contributed by atoms with Crippen LogP contribution in [0.2, 0.25) is 0 Å². The van der Waals surface area contributed by atoms with Gasteiger partial charge in [0.25, 0.3) is 5.91 Å². The summed E-state index contributed by atoms with van der Waals surface area (Å²) in [5.74, 6) is -0.00476. The van der Waals surface area contributed by atoms with Gasteiger partial charge in [0.05, 0.1) is 23.5 Å². The molecule has 0 saturated carbocycles. The Bertz CT molecular complexity index is 749. The number of benzene rings is 1. The van der Waals surface area contributed by atoms with Crippen molar-refractivity contribution in [2.24, 2.45) is 0 Å². The van der Waals surface area contributed by atoms with Crippen molar-refractivity contribution in [2.75, 3.05) is 0 Å². The Hall–Kier alpha value is -2.89. The topological polar surface area (TPSA) is 79.5 Å². The van der Waals surface area contributed by atoms with Gasteiger partial charge in [0.2, 0.25) is 0 Å². The van der Waals surface area contributed by atoms with Crippen LogP contribution in [0.5, 0.6) is 5.75 Å². The van der Waals surface area contributed by atoms with Crippen molar-refractivity contribution in [1.29, 1.82) is 0 Å². The largest absolute Gasteiger partial charge is 0.508 e. The van der Waals surface area contributed by atoms with Crippen LogP contribution >= 0.6 is 0 Å². The van der Waals surface area contributed by atoms with Crippen LogP contribution in [0.4, 0.5) is 0 Å². The average Bonchev–Trinajstić information content (AvgIpc) is 2.90. The Labute approximate surface area is 114 Å². The maximum Gasteiger partial charge on any atom is 0.255 e. The van der Waals surface area contributed by atoms with Crippen LogP contribution in [-0.4, -0.2) is 25.6 Å². The molecule has 0 saturated heterocycles. The first-order valence-electron chi connectivity index (χ1n) is 6.07. The lowest BCUT2D eigenvalue weighted by molar-refractivity contribution is 0.0952. The van der Waals surface area contributed by atoms with Gasteiger partial charge in [0.1, 0.15) is 5.75 Å². The molecular formula is C14H12N4O2. The van der Waals surface area contributed by atoms with E-state index in [1.54, 1.807) is 47.4 Å². The normalized spacial score (nSPS) is 10.6. The lowest BCUT2D eigenvalue weighted by Gasteiger charge is -2.04. The molecule has 0 aliphatic carbocycles. The number of phenols is 1. The molecule has 1 amide bonds. The van der Waals surface area contributed by atoms with Crippen LogP contribution in [0.25, 0.3) is 5.52 Å². The fourth-order valence-corrected chi connectivity index (χ4v) is 1.90. The average molecular weight is 268 g/mol. The minimum atomic E-state index is -0.207. The number of aromatic nitrogens is 3. The molecule has 0 bridgehead atoms. The summed E-state index contributed by atoms with van der Waals surface area (Å²) in [7, 11) is 0. The molecule has 2 N–H and O–H groups in total. The number of carbonyl (C=O) groups is 1. The maximum atomic E-state index is 12.1. The van der Waals surface area contributed by atoms with Gasteiger partial charge in [-0.1, -0.05) is 12.1 Å². The molecule has 0 spiro atoms. The molecule has 2 heterocycles. The minimum absolute atomic E-state index is 0.203. The summed E-state index contributed by atoms with van der Waals surface area (Å²) < 4.78 is 1.60. The summed E-state index contributed by atoms with van der Waals surface area (Å²) in [6, 6.07) is 6.68. The smallest absolute Gasteiger partial charge is 0.255 e. The molecule has 6 nitrogen and oxygen atoms in total. The summed E-state index contributed by atoms with van der Waals surface area (Å²) in [6.45, 7) is 0.386. The summed E-state index contributed by atoms with van der Waals surface area (Å²) in [6.07, 6.45) is 6.41. The zero-order chi connectivity index (χ0) is 13.9. The van der Waals surface area contributed by atoms with E-state index in [2.05, 4.69) is 15.4 Å². The van der Waals surface area contributed by atoms with Gasteiger partial charge in [-0.3, -0.25) is 9.78 Å². The van der Waals surface area contributed by atoms with Crippen molar-refractivity contribution in [3.8, 4) is 5.75 Å². The Morgan fingerprint density at radius 2 is 2.05 bits per heavy atom. The highest BCUT2D eigenvalue weighted by atomic mass is 16.3. The first-order chi connectivity index (χ1) is 9.74. The van der Waals surface area contributed by atoms with Crippen LogP contribution < -0.4 is 5.32 Å².